The first-order valence-electron chi connectivity index (χ1n) is 5.98. The Bertz CT molecular complexity index is 212. The molecule has 0 aromatic rings. The molecule has 2 amide bonds. The molecule has 0 bridgehead atoms. The SMILES string of the molecule is CCNC(=O)N1CCC(C(C)(C)C)CC1. The lowest BCUT2D eigenvalue weighted by atomic mass is 9.75. The third-order valence-corrected chi connectivity index (χ3v) is 3.33. The number of hydrogen-bond acceptors (Lipinski definition) is 1. The summed E-state index contributed by atoms with van der Waals surface area (Å²) in [5.74, 6) is 0.753. The number of hydrogen-bond donors (Lipinski definition) is 1. The summed E-state index contributed by atoms with van der Waals surface area (Å²) in [5.41, 5.74) is 0.382. The molecular weight excluding hydrogens is 188 g/mol. The Labute approximate surface area is 93.2 Å². The fourth-order valence-electron chi connectivity index (χ4n) is 2.21. The van der Waals surface area contributed by atoms with E-state index in [1.54, 1.807) is 0 Å². The van der Waals surface area contributed by atoms with Crippen LogP contribution in [0.15, 0.2) is 0 Å². The molecule has 1 rings (SSSR count). The highest BCUT2D eigenvalue weighted by atomic mass is 16.2. The van der Waals surface area contributed by atoms with Crippen LogP contribution >= 0.6 is 0 Å². The summed E-state index contributed by atoms with van der Waals surface area (Å²) in [6.07, 6.45) is 2.28. The summed E-state index contributed by atoms with van der Waals surface area (Å²) in [7, 11) is 0. The van der Waals surface area contributed by atoms with Gasteiger partial charge < -0.3 is 10.2 Å². The molecule has 3 nitrogen and oxygen atoms in total. The van der Waals surface area contributed by atoms with Gasteiger partial charge in [-0.05, 0) is 31.1 Å². The van der Waals surface area contributed by atoms with Crippen molar-refractivity contribution in [3.8, 4) is 0 Å². The largest absolute Gasteiger partial charge is 0.338 e. The van der Waals surface area contributed by atoms with Crippen molar-refractivity contribution in [3.63, 3.8) is 0 Å². The Morgan fingerprint density at radius 1 is 1.33 bits per heavy atom. The first kappa shape index (κ1) is 12.3. The van der Waals surface area contributed by atoms with Crippen LogP contribution in [0, 0.1) is 11.3 Å². The van der Waals surface area contributed by atoms with E-state index in [1.165, 1.54) is 0 Å². The van der Waals surface area contributed by atoms with Crippen LogP contribution in [0.25, 0.3) is 0 Å². The molecule has 0 radical (unpaired) electrons. The van der Waals surface area contributed by atoms with Crippen LogP contribution in [-0.2, 0) is 0 Å². The average Bonchev–Trinajstić information content (AvgIpc) is 2.17. The van der Waals surface area contributed by atoms with Gasteiger partial charge in [-0.1, -0.05) is 20.8 Å². The molecule has 0 unspecified atom stereocenters. The van der Waals surface area contributed by atoms with E-state index in [-0.39, 0.29) is 6.03 Å². The van der Waals surface area contributed by atoms with E-state index in [0.29, 0.717) is 5.41 Å². The molecule has 1 N–H and O–H groups in total. The molecule has 88 valence electrons. The number of likely N-dealkylation sites (tertiary alicyclic amines) is 1. The van der Waals surface area contributed by atoms with Gasteiger partial charge in [0.15, 0.2) is 0 Å². The van der Waals surface area contributed by atoms with Crippen LogP contribution in [0.4, 0.5) is 4.79 Å². The molecule has 1 saturated heterocycles. The van der Waals surface area contributed by atoms with Crippen molar-refractivity contribution in [3.05, 3.63) is 0 Å². The van der Waals surface area contributed by atoms with Crippen molar-refractivity contribution in [2.24, 2.45) is 11.3 Å². The van der Waals surface area contributed by atoms with Gasteiger partial charge in [-0.15, -0.1) is 0 Å². The predicted molar refractivity (Wildman–Crippen MR) is 62.8 cm³/mol. The zero-order valence-corrected chi connectivity index (χ0v) is 10.5. The molecule has 0 saturated carbocycles. The predicted octanol–water partition coefficient (Wildman–Crippen LogP) is 2.47. The highest BCUT2D eigenvalue weighted by molar-refractivity contribution is 5.74. The minimum Gasteiger partial charge on any atom is -0.338 e. The number of urea groups is 1. The maximum Gasteiger partial charge on any atom is 0.317 e. The van der Waals surface area contributed by atoms with Gasteiger partial charge in [0.25, 0.3) is 0 Å². The number of rotatable bonds is 1. The van der Waals surface area contributed by atoms with Crippen molar-refractivity contribution in [2.75, 3.05) is 19.6 Å². The van der Waals surface area contributed by atoms with Crippen molar-refractivity contribution in [1.82, 2.24) is 10.2 Å². The highest BCUT2D eigenvalue weighted by Crippen LogP contribution is 2.34. The molecule has 0 aromatic heterocycles. The standard InChI is InChI=1S/C12H24N2O/c1-5-13-11(15)14-8-6-10(7-9-14)12(2,3)4/h10H,5-9H2,1-4H3,(H,13,15). The molecule has 3 heteroatoms. The van der Waals surface area contributed by atoms with E-state index >= 15 is 0 Å². The van der Waals surface area contributed by atoms with Gasteiger partial charge in [0.2, 0.25) is 0 Å². The Hall–Kier alpha value is -0.730. The van der Waals surface area contributed by atoms with Gasteiger partial charge in [-0.3, -0.25) is 0 Å². The van der Waals surface area contributed by atoms with Gasteiger partial charge in [0.1, 0.15) is 0 Å². The minimum atomic E-state index is 0.102. The van der Waals surface area contributed by atoms with Crippen molar-refractivity contribution in [2.45, 2.75) is 40.5 Å². The normalized spacial score (nSPS) is 19.1. The minimum absolute atomic E-state index is 0.102. The summed E-state index contributed by atoms with van der Waals surface area (Å²) < 4.78 is 0. The lowest BCUT2D eigenvalue weighted by Gasteiger charge is -2.38. The number of carbonyl (C=O) groups is 1. The first-order valence-corrected chi connectivity index (χ1v) is 5.98. The summed E-state index contributed by atoms with van der Waals surface area (Å²) in [6, 6.07) is 0.102. The van der Waals surface area contributed by atoms with Crippen LogP contribution in [0.3, 0.4) is 0 Å². The lowest BCUT2D eigenvalue weighted by molar-refractivity contribution is 0.122. The van der Waals surface area contributed by atoms with E-state index in [0.717, 1.165) is 38.4 Å². The second kappa shape index (κ2) is 4.86. The van der Waals surface area contributed by atoms with E-state index in [4.69, 9.17) is 0 Å². The second-order valence-electron chi connectivity index (χ2n) is 5.46. The maximum atomic E-state index is 11.6. The molecule has 1 aliphatic heterocycles. The lowest BCUT2D eigenvalue weighted by Crippen LogP contribution is -2.46. The highest BCUT2D eigenvalue weighted by Gasteiger charge is 2.29. The third-order valence-electron chi connectivity index (χ3n) is 3.33. The Kier molecular flexibility index (Phi) is 4.00. The van der Waals surface area contributed by atoms with Gasteiger partial charge >= 0.3 is 6.03 Å². The summed E-state index contributed by atoms with van der Waals surface area (Å²) in [6.45, 7) is 11.4. The van der Waals surface area contributed by atoms with Crippen LogP contribution < -0.4 is 5.32 Å². The van der Waals surface area contributed by atoms with Gasteiger partial charge in [0.05, 0.1) is 0 Å². The molecule has 1 fully saturated rings. The maximum absolute atomic E-state index is 11.6. The van der Waals surface area contributed by atoms with E-state index in [2.05, 4.69) is 26.1 Å². The number of carbonyl (C=O) groups excluding carboxylic acids is 1. The van der Waals surface area contributed by atoms with Crippen LogP contribution in [0.5, 0.6) is 0 Å². The Balaban J connectivity index is 2.39. The molecule has 0 aliphatic carbocycles. The van der Waals surface area contributed by atoms with E-state index in [9.17, 15) is 4.79 Å². The molecule has 1 aliphatic rings. The van der Waals surface area contributed by atoms with E-state index < -0.39 is 0 Å². The smallest absolute Gasteiger partial charge is 0.317 e. The molecule has 15 heavy (non-hydrogen) atoms. The molecule has 0 aromatic carbocycles. The van der Waals surface area contributed by atoms with Gasteiger partial charge in [-0.25, -0.2) is 4.79 Å². The average molecular weight is 212 g/mol. The molecule has 0 atom stereocenters. The van der Waals surface area contributed by atoms with Gasteiger partial charge in [-0.2, -0.15) is 0 Å². The molecular formula is C12H24N2O. The third kappa shape index (κ3) is 3.40. The van der Waals surface area contributed by atoms with Crippen LogP contribution in [0.2, 0.25) is 0 Å². The quantitative estimate of drug-likeness (QED) is 0.711. The van der Waals surface area contributed by atoms with Crippen LogP contribution in [-0.4, -0.2) is 30.6 Å². The van der Waals surface area contributed by atoms with Crippen molar-refractivity contribution < 1.29 is 4.79 Å². The number of nitrogens with one attached hydrogen (secondary N) is 1. The number of amides is 2. The Morgan fingerprint density at radius 3 is 2.27 bits per heavy atom. The van der Waals surface area contributed by atoms with Gasteiger partial charge in [0, 0.05) is 19.6 Å². The fourth-order valence-corrected chi connectivity index (χ4v) is 2.21. The number of piperidine rings is 1. The zero-order chi connectivity index (χ0) is 11.5. The zero-order valence-electron chi connectivity index (χ0n) is 10.5. The van der Waals surface area contributed by atoms with E-state index in [1.807, 2.05) is 11.8 Å². The van der Waals surface area contributed by atoms with Crippen molar-refractivity contribution in [1.29, 1.82) is 0 Å². The summed E-state index contributed by atoms with van der Waals surface area (Å²) in [4.78, 5) is 13.5. The van der Waals surface area contributed by atoms with Crippen molar-refractivity contribution >= 4 is 6.03 Å². The number of nitrogens with zero attached hydrogens (tertiary/aromatic N) is 1. The summed E-state index contributed by atoms with van der Waals surface area (Å²) >= 11 is 0. The topological polar surface area (TPSA) is 32.3 Å². The molecule has 0 spiro atoms. The second-order valence-corrected chi connectivity index (χ2v) is 5.46. The first-order chi connectivity index (χ1) is 6.95. The fraction of sp³-hybridized carbons (Fsp3) is 0.917. The molecule has 1 heterocycles. The van der Waals surface area contributed by atoms with Crippen LogP contribution in [0.1, 0.15) is 40.5 Å². The monoisotopic (exact) mass is 212 g/mol. The Morgan fingerprint density at radius 2 is 1.87 bits per heavy atom. The summed E-state index contributed by atoms with van der Waals surface area (Å²) in [5, 5.41) is 2.86.